The lowest BCUT2D eigenvalue weighted by molar-refractivity contribution is -0.119. The summed E-state index contributed by atoms with van der Waals surface area (Å²) in [7, 11) is 0. The van der Waals surface area contributed by atoms with E-state index in [-0.39, 0.29) is 12.5 Å². The monoisotopic (exact) mass is 446 g/mol. The van der Waals surface area contributed by atoms with Gasteiger partial charge in [-0.1, -0.05) is 30.3 Å². The number of nitrogens with zero attached hydrogens (tertiary/aromatic N) is 3. The number of hydrogen-bond acceptors (Lipinski definition) is 5. The van der Waals surface area contributed by atoms with Crippen molar-refractivity contribution in [2.45, 2.75) is 40.2 Å². The molecule has 0 spiro atoms. The second kappa shape index (κ2) is 9.90. The molecule has 172 valence electrons. The van der Waals surface area contributed by atoms with Gasteiger partial charge in [0.05, 0.1) is 17.9 Å². The first kappa shape index (κ1) is 22.6. The Morgan fingerprint density at radius 3 is 2.45 bits per heavy atom. The molecule has 1 N–H and O–H groups in total. The third kappa shape index (κ3) is 5.25. The SMILES string of the molecule is Cc1cc(N2CCCC2)ccc1NC(=O)COC(=O)c1c(C)nn(Cc2ccccc2)c1C. The molecule has 1 fully saturated rings. The molecular weight excluding hydrogens is 416 g/mol. The largest absolute Gasteiger partial charge is 0.452 e. The second-order valence-corrected chi connectivity index (χ2v) is 8.51. The Hall–Kier alpha value is -3.61. The molecule has 1 aromatic heterocycles. The van der Waals surface area contributed by atoms with Crippen LogP contribution in [0.25, 0.3) is 0 Å². The molecule has 7 heteroatoms. The normalized spacial score (nSPS) is 13.2. The van der Waals surface area contributed by atoms with Crippen molar-refractivity contribution >= 4 is 23.3 Å². The Kier molecular flexibility index (Phi) is 6.77. The smallest absolute Gasteiger partial charge is 0.342 e. The summed E-state index contributed by atoms with van der Waals surface area (Å²) in [5.41, 5.74) is 5.68. The Morgan fingerprint density at radius 2 is 1.76 bits per heavy atom. The van der Waals surface area contributed by atoms with Crippen LogP contribution in [0.5, 0.6) is 0 Å². The fourth-order valence-electron chi connectivity index (χ4n) is 4.25. The van der Waals surface area contributed by atoms with Crippen LogP contribution >= 0.6 is 0 Å². The predicted molar refractivity (Wildman–Crippen MR) is 129 cm³/mol. The minimum atomic E-state index is -0.541. The van der Waals surface area contributed by atoms with Crippen molar-refractivity contribution in [1.29, 1.82) is 0 Å². The van der Waals surface area contributed by atoms with Gasteiger partial charge in [0.15, 0.2) is 6.61 Å². The third-order valence-electron chi connectivity index (χ3n) is 6.05. The molecule has 0 saturated carbocycles. The fraction of sp³-hybridized carbons (Fsp3) is 0.346. The summed E-state index contributed by atoms with van der Waals surface area (Å²) < 4.78 is 7.10. The molecule has 33 heavy (non-hydrogen) atoms. The number of nitrogens with one attached hydrogen (secondary N) is 1. The maximum Gasteiger partial charge on any atom is 0.342 e. The summed E-state index contributed by atoms with van der Waals surface area (Å²) in [5.74, 6) is -0.909. The van der Waals surface area contributed by atoms with E-state index in [1.807, 2.05) is 56.3 Å². The highest BCUT2D eigenvalue weighted by molar-refractivity contribution is 5.97. The molecule has 2 aromatic carbocycles. The molecule has 1 amide bonds. The van der Waals surface area contributed by atoms with Crippen molar-refractivity contribution in [1.82, 2.24) is 9.78 Å². The highest BCUT2D eigenvalue weighted by Gasteiger charge is 2.21. The number of aryl methyl sites for hydroxylation is 2. The minimum Gasteiger partial charge on any atom is -0.452 e. The van der Waals surface area contributed by atoms with Crippen LogP contribution in [0.1, 0.15) is 45.7 Å². The van der Waals surface area contributed by atoms with E-state index in [0.717, 1.165) is 35.6 Å². The molecule has 7 nitrogen and oxygen atoms in total. The predicted octanol–water partition coefficient (Wildman–Crippen LogP) is 4.25. The van der Waals surface area contributed by atoms with Crippen molar-refractivity contribution in [3.05, 3.63) is 76.6 Å². The molecule has 0 bridgehead atoms. The lowest BCUT2D eigenvalue weighted by atomic mass is 10.1. The molecule has 0 radical (unpaired) electrons. The van der Waals surface area contributed by atoms with Gasteiger partial charge >= 0.3 is 5.97 Å². The van der Waals surface area contributed by atoms with Gasteiger partial charge in [-0.25, -0.2) is 4.79 Å². The van der Waals surface area contributed by atoms with E-state index < -0.39 is 5.97 Å². The van der Waals surface area contributed by atoms with Gasteiger partial charge in [-0.2, -0.15) is 5.10 Å². The van der Waals surface area contributed by atoms with E-state index in [1.165, 1.54) is 18.5 Å². The zero-order chi connectivity index (χ0) is 23.4. The van der Waals surface area contributed by atoms with Crippen molar-refractivity contribution in [2.75, 3.05) is 29.9 Å². The van der Waals surface area contributed by atoms with E-state index in [4.69, 9.17) is 4.74 Å². The standard InChI is InChI=1S/C26H30N4O3/c1-18-15-22(29-13-7-8-14-29)11-12-23(18)27-24(31)17-33-26(32)25-19(2)28-30(20(25)3)16-21-9-5-4-6-10-21/h4-6,9-12,15H,7-8,13-14,16-17H2,1-3H3,(H,27,31). The average molecular weight is 447 g/mol. The van der Waals surface area contributed by atoms with Gasteiger partial charge in [0.2, 0.25) is 0 Å². The molecule has 3 aromatic rings. The van der Waals surface area contributed by atoms with Gasteiger partial charge in [0.25, 0.3) is 5.91 Å². The van der Waals surface area contributed by atoms with E-state index in [1.54, 1.807) is 11.6 Å². The zero-order valence-electron chi connectivity index (χ0n) is 19.4. The molecule has 2 heterocycles. The quantitative estimate of drug-likeness (QED) is 0.549. The third-order valence-corrected chi connectivity index (χ3v) is 6.05. The molecule has 4 rings (SSSR count). The molecule has 0 aliphatic carbocycles. The number of ether oxygens (including phenoxy) is 1. The zero-order valence-corrected chi connectivity index (χ0v) is 19.4. The summed E-state index contributed by atoms with van der Waals surface area (Å²) >= 11 is 0. The Bertz CT molecular complexity index is 1150. The van der Waals surface area contributed by atoms with Crippen LogP contribution in [0, 0.1) is 20.8 Å². The summed E-state index contributed by atoms with van der Waals surface area (Å²) in [5, 5.41) is 7.33. The highest BCUT2D eigenvalue weighted by atomic mass is 16.5. The van der Waals surface area contributed by atoms with Gasteiger partial charge in [-0.05, 0) is 62.9 Å². The number of esters is 1. The van der Waals surface area contributed by atoms with Crippen LogP contribution in [-0.2, 0) is 16.1 Å². The van der Waals surface area contributed by atoms with Crippen molar-refractivity contribution < 1.29 is 14.3 Å². The van der Waals surface area contributed by atoms with Gasteiger partial charge in [-0.3, -0.25) is 9.48 Å². The molecule has 0 atom stereocenters. The molecular formula is C26H30N4O3. The van der Waals surface area contributed by atoms with E-state index in [0.29, 0.717) is 17.8 Å². The first-order chi connectivity index (χ1) is 15.9. The fourth-order valence-corrected chi connectivity index (χ4v) is 4.25. The van der Waals surface area contributed by atoms with Crippen molar-refractivity contribution in [3.8, 4) is 0 Å². The number of carbonyl (C=O) groups excluding carboxylic acids is 2. The average Bonchev–Trinajstić information content (AvgIpc) is 3.43. The minimum absolute atomic E-state index is 0.352. The van der Waals surface area contributed by atoms with Crippen molar-refractivity contribution in [2.24, 2.45) is 0 Å². The van der Waals surface area contributed by atoms with Gasteiger partial charge in [0.1, 0.15) is 5.56 Å². The van der Waals surface area contributed by atoms with Crippen LogP contribution in [0.15, 0.2) is 48.5 Å². The number of hydrogen-bond donors (Lipinski definition) is 1. The molecule has 1 saturated heterocycles. The Balaban J connectivity index is 1.35. The maximum absolute atomic E-state index is 12.7. The Labute approximate surface area is 194 Å². The molecule has 0 unspecified atom stereocenters. The number of anilines is 2. The first-order valence-electron chi connectivity index (χ1n) is 11.3. The van der Waals surface area contributed by atoms with Crippen LogP contribution in [0.4, 0.5) is 11.4 Å². The van der Waals surface area contributed by atoms with E-state index >= 15 is 0 Å². The van der Waals surface area contributed by atoms with Crippen LogP contribution < -0.4 is 10.2 Å². The lowest BCUT2D eigenvalue weighted by Crippen LogP contribution is -2.22. The summed E-state index contributed by atoms with van der Waals surface area (Å²) in [6.45, 7) is 7.93. The highest BCUT2D eigenvalue weighted by Crippen LogP contribution is 2.25. The van der Waals surface area contributed by atoms with E-state index in [2.05, 4.69) is 21.4 Å². The lowest BCUT2D eigenvalue weighted by Gasteiger charge is -2.19. The number of carbonyl (C=O) groups is 2. The van der Waals surface area contributed by atoms with Gasteiger partial charge < -0.3 is 15.0 Å². The van der Waals surface area contributed by atoms with Crippen LogP contribution in [-0.4, -0.2) is 41.4 Å². The molecule has 1 aliphatic heterocycles. The summed E-state index contributed by atoms with van der Waals surface area (Å²) in [4.78, 5) is 27.5. The number of rotatable bonds is 7. The van der Waals surface area contributed by atoms with Gasteiger partial charge in [0, 0.05) is 24.5 Å². The number of aromatic nitrogens is 2. The second-order valence-electron chi connectivity index (χ2n) is 8.51. The van der Waals surface area contributed by atoms with Crippen LogP contribution in [0.3, 0.4) is 0 Å². The Morgan fingerprint density at radius 1 is 1.03 bits per heavy atom. The molecule has 1 aliphatic rings. The maximum atomic E-state index is 12.7. The van der Waals surface area contributed by atoms with Gasteiger partial charge in [-0.15, -0.1) is 0 Å². The van der Waals surface area contributed by atoms with E-state index in [9.17, 15) is 9.59 Å². The number of amides is 1. The number of benzene rings is 2. The summed E-state index contributed by atoms with van der Waals surface area (Å²) in [6, 6.07) is 15.9. The summed E-state index contributed by atoms with van der Waals surface area (Å²) in [6.07, 6.45) is 2.43. The van der Waals surface area contributed by atoms with Crippen LogP contribution in [0.2, 0.25) is 0 Å². The first-order valence-corrected chi connectivity index (χ1v) is 11.3. The van der Waals surface area contributed by atoms with Crippen molar-refractivity contribution in [3.63, 3.8) is 0 Å². The topological polar surface area (TPSA) is 76.5 Å².